The highest BCUT2D eigenvalue weighted by Crippen LogP contribution is 2.32. The smallest absolute Gasteiger partial charge is 0.0648 e. The number of hydrogen-bond acceptors (Lipinski definition) is 1. The Morgan fingerprint density at radius 2 is 2.21 bits per heavy atom. The predicted octanol–water partition coefficient (Wildman–Crippen LogP) is 2.25. The Morgan fingerprint density at radius 1 is 1.36 bits per heavy atom. The van der Waals surface area contributed by atoms with Gasteiger partial charge in [0.25, 0.3) is 0 Å². The molecule has 2 aromatic rings. The lowest BCUT2D eigenvalue weighted by Crippen LogP contribution is -2.19. The number of halogens is 1. The SMILES string of the molecule is NC1Cc2[nH]c3c(Cl)cccc3c2C1. The largest absolute Gasteiger partial charge is 0.357 e. The van der Waals surface area contributed by atoms with Crippen LogP contribution in [0.5, 0.6) is 0 Å². The summed E-state index contributed by atoms with van der Waals surface area (Å²) in [5, 5.41) is 2.03. The summed E-state index contributed by atoms with van der Waals surface area (Å²) in [4.78, 5) is 3.36. The van der Waals surface area contributed by atoms with Crippen molar-refractivity contribution in [1.82, 2.24) is 4.98 Å². The van der Waals surface area contributed by atoms with E-state index < -0.39 is 0 Å². The Kier molecular flexibility index (Phi) is 1.64. The van der Waals surface area contributed by atoms with E-state index in [1.807, 2.05) is 12.1 Å². The second-order valence-corrected chi connectivity index (χ2v) is 4.32. The molecule has 0 radical (unpaired) electrons. The highest BCUT2D eigenvalue weighted by molar-refractivity contribution is 6.35. The van der Waals surface area contributed by atoms with Crippen LogP contribution in [-0.2, 0) is 12.8 Å². The number of aromatic nitrogens is 1. The summed E-state index contributed by atoms with van der Waals surface area (Å²) in [5.74, 6) is 0. The molecule has 0 aliphatic heterocycles. The molecule has 1 aliphatic rings. The van der Waals surface area contributed by atoms with Gasteiger partial charge < -0.3 is 10.7 Å². The third-order valence-electron chi connectivity index (χ3n) is 2.91. The molecule has 14 heavy (non-hydrogen) atoms. The number of hydrogen-bond donors (Lipinski definition) is 2. The van der Waals surface area contributed by atoms with Gasteiger partial charge in [0, 0.05) is 23.5 Å². The lowest BCUT2D eigenvalue weighted by molar-refractivity contribution is 0.716. The normalized spacial score (nSPS) is 20.3. The Hall–Kier alpha value is -0.990. The van der Waals surface area contributed by atoms with Crippen LogP contribution in [0.4, 0.5) is 0 Å². The minimum Gasteiger partial charge on any atom is -0.357 e. The van der Waals surface area contributed by atoms with Gasteiger partial charge >= 0.3 is 0 Å². The van der Waals surface area contributed by atoms with Gasteiger partial charge in [-0.1, -0.05) is 23.7 Å². The van der Waals surface area contributed by atoms with E-state index in [-0.39, 0.29) is 6.04 Å². The van der Waals surface area contributed by atoms with Crippen molar-refractivity contribution in [3.63, 3.8) is 0 Å². The molecule has 1 heterocycles. The molecule has 3 heteroatoms. The zero-order valence-electron chi connectivity index (χ0n) is 7.68. The van der Waals surface area contributed by atoms with Crippen molar-refractivity contribution in [2.24, 2.45) is 5.73 Å². The molecule has 0 bridgehead atoms. The molecule has 3 N–H and O–H groups in total. The number of H-pyrrole nitrogens is 1. The zero-order chi connectivity index (χ0) is 9.71. The maximum absolute atomic E-state index is 6.10. The van der Waals surface area contributed by atoms with Crippen molar-refractivity contribution in [3.05, 3.63) is 34.5 Å². The van der Waals surface area contributed by atoms with E-state index >= 15 is 0 Å². The zero-order valence-corrected chi connectivity index (χ0v) is 8.43. The molecule has 3 rings (SSSR count). The molecule has 1 unspecified atom stereocenters. The number of aromatic amines is 1. The van der Waals surface area contributed by atoms with E-state index in [1.165, 1.54) is 16.6 Å². The molecule has 0 saturated heterocycles. The summed E-state index contributed by atoms with van der Waals surface area (Å²) in [7, 11) is 0. The molecule has 1 aliphatic carbocycles. The first-order valence-corrected chi connectivity index (χ1v) is 5.17. The number of fused-ring (bicyclic) bond motifs is 3. The fourth-order valence-electron chi connectivity index (χ4n) is 2.30. The Balaban J connectivity index is 2.33. The van der Waals surface area contributed by atoms with Gasteiger partial charge in [-0.05, 0) is 18.1 Å². The summed E-state index contributed by atoms with van der Waals surface area (Å²) in [5.41, 5.74) is 9.59. The summed E-state index contributed by atoms with van der Waals surface area (Å²) in [6.45, 7) is 0. The molecule has 1 atom stereocenters. The van der Waals surface area contributed by atoms with Gasteiger partial charge in [0.15, 0.2) is 0 Å². The van der Waals surface area contributed by atoms with Crippen molar-refractivity contribution in [2.75, 3.05) is 0 Å². The Labute approximate surface area is 87.1 Å². The van der Waals surface area contributed by atoms with Crippen LogP contribution in [0.2, 0.25) is 5.02 Å². The van der Waals surface area contributed by atoms with Crippen LogP contribution in [0.15, 0.2) is 18.2 Å². The van der Waals surface area contributed by atoms with E-state index in [1.54, 1.807) is 0 Å². The van der Waals surface area contributed by atoms with E-state index in [2.05, 4.69) is 11.1 Å². The standard InChI is InChI=1S/C11H11ClN2/c12-9-3-1-2-7-8-4-6(13)5-10(8)14-11(7)9/h1-3,6,14H,4-5,13H2. The van der Waals surface area contributed by atoms with Gasteiger partial charge in [0.2, 0.25) is 0 Å². The minimum atomic E-state index is 0.277. The Morgan fingerprint density at radius 3 is 3.07 bits per heavy atom. The third kappa shape index (κ3) is 1.01. The topological polar surface area (TPSA) is 41.8 Å². The van der Waals surface area contributed by atoms with Gasteiger partial charge in [0.1, 0.15) is 0 Å². The second-order valence-electron chi connectivity index (χ2n) is 3.91. The van der Waals surface area contributed by atoms with Crippen molar-refractivity contribution >= 4 is 22.5 Å². The molecule has 0 saturated carbocycles. The Bertz CT molecular complexity index is 501. The number of benzene rings is 1. The van der Waals surface area contributed by atoms with Crippen LogP contribution < -0.4 is 5.73 Å². The van der Waals surface area contributed by atoms with Crippen LogP contribution in [0.3, 0.4) is 0 Å². The predicted molar refractivity (Wildman–Crippen MR) is 58.7 cm³/mol. The van der Waals surface area contributed by atoms with Gasteiger partial charge in [-0.25, -0.2) is 0 Å². The minimum absolute atomic E-state index is 0.277. The van der Waals surface area contributed by atoms with Crippen LogP contribution in [0.25, 0.3) is 10.9 Å². The molecular weight excluding hydrogens is 196 g/mol. The van der Waals surface area contributed by atoms with Gasteiger partial charge in [-0.15, -0.1) is 0 Å². The van der Waals surface area contributed by atoms with E-state index in [0.29, 0.717) is 0 Å². The fraction of sp³-hybridized carbons (Fsp3) is 0.273. The van der Waals surface area contributed by atoms with Crippen LogP contribution in [-0.4, -0.2) is 11.0 Å². The van der Waals surface area contributed by atoms with E-state index in [0.717, 1.165) is 23.4 Å². The van der Waals surface area contributed by atoms with E-state index in [9.17, 15) is 0 Å². The quantitative estimate of drug-likeness (QED) is 0.682. The van der Waals surface area contributed by atoms with Crippen LogP contribution >= 0.6 is 11.6 Å². The van der Waals surface area contributed by atoms with Crippen LogP contribution in [0, 0.1) is 0 Å². The number of nitrogens with one attached hydrogen (secondary N) is 1. The number of para-hydroxylation sites is 1. The number of rotatable bonds is 0. The van der Waals surface area contributed by atoms with Crippen molar-refractivity contribution in [2.45, 2.75) is 18.9 Å². The summed E-state index contributed by atoms with van der Waals surface area (Å²) in [6, 6.07) is 6.28. The molecule has 0 fully saturated rings. The van der Waals surface area contributed by atoms with Crippen molar-refractivity contribution < 1.29 is 0 Å². The molecule has 72 valence electrons. The highest BCUT2D eigenvalue weighted by atomic mass is 35.5. The lowest BCUT2D eigenvalue weighted by Gasteiger charge is -2.00. The van der Waals surface area contributed by atoms with Gasteiger partial charge in [-0.3, -0.25) is 0 Å². The number of nitrogens with two attached hydrogens (primary N) is 1. The lowest BCUT2D eigenvalue weighted by atomic mass is 10.1. The van der Waals surface area contributed by atoms with Crippen molar-refractivity contribution in [1.29, 1.82) is 0 Å². The molecular formula is C11H11ClN2. The molecule has 1 aromatic heterocycles. The summed E-state index contributed by atoms with van der Waals surface area (Å²) in [6.07, 6.45) is 1.91. The van der Waals surface area contributed by atoms with Gasteiger partial charge in [-0.2, -0.15) is 0 Å². The summed E-state index contributed by atoms with van der Waals surface area (Å²) < 4.78 is 0. The van der Waals surface area contributed by atoms with E-state index in [4.69, 9.17) is 17.3 Å². The monoisotopic (exact) mass is 206 g/mol. The second kappa shape index (κ2) is 2.75. The average Bonchev–Trinajstić information content (AvgIpc) is 2.63. The molecule has 1 aromatic carbocycles. The first kappa shape index (κ1) is 8.33. The third-order valence-corrected chi connectivity index (χ3v) is 3.23. The first-order valence-electron chi connectivity index (χ1n) is 4.79. The average molecular weight is 207 g/mol. The molecule has 0 spiro atoms. The van der Waals surface area contributed by atoms with Gasteiger partial charge in [0.05, 0.1) is 10.5 Å². The molecule has 2 nitrogen and oxygen atoms in total. The van der Waals surface area contributed by atoms with Crippen LogP contribution in [0.1, 0.15) is 11.3 Å². The highest BCUT2D eigenvalue weighted by Gasteiger charge is 2.23. The first-order chi connectivity index (χ1) is 6.75. The maximum Gasteiger partial charge on any atom is 0.0648 e. The van der Waals surface area contributed by atoms with Crippen molar-refractivity contribution in [3.8, 4) is 0 Å². The maximum atomic E-state index is 6.10. The molecule has 0 amide bonds. The fourth-order valence-corrected chi connectivity index (χ4v) is 2.52. The summed E-state index contributed by atoms with van der Waals surface area (Å²) >= 11 is 6.10.